The molecule has 2 heterocycles. The van der Waals surface area contributed by atoms with Crippen LogP contribution in [-0.4, -0.2) is 16.9 Å². The van der Waals surface area contributed by atoms with E-state index in [9.17, 15) is 14.7 Å². The molecule has 0 atom stereocenters. The summed E-state index contributed by atoms with van der Waals surface area (Å²) in [7, 11) is 0. The van der Waals surface area contributed by atoms with Crippen LogP contribution in [0.25, 0.3) is 10.4 Å². The van der Waals surface area contributed by atoms with Gasteiger partial charge in [-0.15, -0.1) is 11.3 Å². The first-order valence-electron chi connectivity index (χ1n) is 7.05. The fraction of sp³-hybridized carbons (Fsp3) is 0. The normalized spacial score (nSPS) is 10.0. The molecule has 0 aliphatic carbocycles. The van der Waals surface area contributed by atoms with Gasteiger partial charge in [0.2, 0.25) is 5.76 Å². The third-order valence-electron chi connectivity index (χ3n) is 3.33. The van der Waals surface area contributed by atoms with Gasteiger partial charge in [-0.25, -0.2) is 0 Å². The minimum absolute atomic E-state index is 0.0370. The third kappa shape index (κ3) is 3.36. The van der Waals surface area contributed by atoms with Gasteiger partial charge in [0.1, 0.15) is 11.8 Å². The average Bonchev–Trinajstić information content (AvgIpc) is 3.30. The van der Waals surface area contributed by atoms with Crippen LogP contribution >= 0.6 is 11.3 Å². The predicted molar refractivity (Wildman–Crippen MR) is 89.8 cm³/mol. The van der Waals surface area contributed by atoms with Crippen LogP contribution in [0.4, 0.5) is 0 Å². The molecule has 0 fully saturated rings. The smallest absolute Gasteiger partial charge is 0.306 e. The maximum atomic E-state index is 12.2. The highest BCUT2D eigenvalue weighted by molar-refractivity contribution is 7.13. The van der Waals surface area contributed by atoms with Crippen molar-refractivity contribution in [2.45, 2.75) is 0 Å². The van der Waals surface area contributed by atoms with Crippen LogP contribution in [0.1, 0.15) is 26.5 Å². The molecule has 0 saturated carbocycles. The highest BCUT2D eigenvalue weighted by Gasteiger charge is 2.18. The number of benzene rings is 1. The van der Waals surface area contributed by atoms with Crippen molar-refractivity contribution in [3.05, 3.63) is 64.9 Å². The van der Waals surface area contributed by atoms with E-state index in [1.807, 2.05) is 17.5 Å². The molecule has 2 aromatic heterocycles. The molecule has 0 spiro atoms. The molecule has 0 unspecified atom stereocenters. The first-order chi connectivity index (χ1) is 12.1. The first kappa shape index (κ1) is 16.3. The Labute approximate surface area is 146 Å². The molecule has 2 amide bonds. The Balaban J connectivity index is 1.70. The number of hydrogen-bond donors (Lipinski definition) is 3. The maximum absolute atomic E-state index is 12.2. The van der Waals surface area contributed by atoms with Gasteiger partial charge in [0.05, 0.1) is 11.8 Å². The second kappa shape index (κ2) is 6.90. The van der Waals surface area contributed by atoms with Crippen LogP contribution in [0.3, 0.4) is 0 Å². The van der Waals surface area contributed by atoms with Crippen LogP contribution < -0.4 is 10.9 Å². The van der Waals surface area contributed by atoms with Gasteiger partial charge >= 0.3 is 5.91 Å². The summed E-state index contributed by atoms with van der Waals surface area (Å²) in [5.41, 5.74) is 5.21. The Morgan fingerprint density at radius 1 is 1.16 bits per heavy atom. The summed E-state index contributed by atoms with van der Waals surface area (Å²) in [6.45, 7) is 0. The Bertz CT molecular complexity index is 970. The van der Waals surface area contributed by atoms with E-state index in [0.717, 1.165) is 4.88 Å². The van der Waals surface area contributed by atoms with Gasteiger partial charge in [0.25, 0.3) is 5.91 Å². The number of hydrazine groups is 1. The highest BCUT2D eigenvalue weighted by Crippen LogP contribution is 2.28. The molecule has 8 heteroatoms. The zero-order chi connectivity index (χ0) is 17.8. The third-order valence-corrected chi connectivity index (χ3v) is 4.23. The van der Waals surface area contributed by atoms with E-state index in [0.29, 0.717) is 5.56 Å². The Morgan fingerprint density at radius 2 is 1.96 bits per heavy atom. The van der Waals surface area contributed by atoms with Gasteiger partial charge < -0.3 is 9.52 Å². The van der Waals surface area contributed by atoms with E-state index in [4.69, 9.17) is 9.68 Å². The fourth-order valence-corrected chi connectivity index (χ4v) is 2.87. The SMILES string of the molecule is N#Cc1cc(C(=O)NNC(=O)c2occc2-c2cccs2)ccc1O. The summed E-state index contributed by atoms with van der Waals surface area (Å²) >= 11 is 1.46. The number of phenols is 1. The van der Waals surface area contributed by atoms with Crippen molar-refractivity contribution >= 4 is 23.2 Å². The number of hydrogen-bond acceptors (Lipinski definition) is 6. The molecule has 7 nitrogen and oxygen atoms in total. The van der Waals surface area contributed by atoms with E-state index < -0.39 is 11.8 Å². The molecule has 1 aromatic carbocycles. The van der Waals surface area contributed by atoms with E-state index in [-0.39, 0.29) is 22.6 Å². The van der Waals surface area contributed by atoms with Crippen LogP contribution in [-0.2, 0) is 0 Å². The van der Waals surface area contributed by atoms with Crippen molar-refractivity contribution in [2.24, 2.45) is 0 Å². The number of carbonyl (C=O) groups excluding carboxylic acids is 2. The molecular weight excluding hydrogens is 342 g/mol. The zero-order valence-electron chi connectivity index (χ0n) is 12.6. The lowest BCUT2D eigenvalue weighted by atomic mass is 10.1. The van der Waals surface area contributed by atoms with Crippen molar-refractivity contribution in [2.75, 3.05) is 0 Å². The molecule has 3 aromatic rings. The molecule has 25 heavy (non-hydrogen) atoms. The van der Waals surface area contributed by atoms with Crippen molar-refractivity contribution in [1.82, 2.24) is 10.9 Å². The molecular formula is C17H11N3O4S. The monoisotopic (exact) mass is 353 g/mol. The van der Waals surface area contributed by atoms with Crippen molar-refractivity contribution in [3.8, 4) is 22.3 Å². The second-order valence-corrected chi connectivity index (χ2v) is 5.84. The van der Waals surface area contributed by atoms with Gasteiger partial charge in [-0.1, -0.05) is 6.07 Å². The number of nitrogens with zero attached hydrogens (tertiary/aromatic N) is 1. The standard InChI is InChI=1S/C17H11N3O4S/c18-9-11-8-10(3-4-13(11)21)16(22)19-20-17(23)15-12(5-6-24-15)14-2-1-7-25-14/h1-8,21H,(H,19,22)(H,20,23). The number of carbonyl (C=O) groups is 2. The van der Waals surface area contributed by atoms with Crippen LogP contribution in [0.5, 0.6) is 5.75 Å². The number of phenolic OH excluding ortho intramolecular Hbond substituents is 1. The minimum Gasteiger partial charge on any atom is -0.507 e. The first-order valence-corrected chi connectivity index (χ1v) is 7.93. The predicted octanol–water partition coefficient (Wildman–Crippen LogP) is 2.66. The average molecular weight is 353 g/mol. The topological polar surface area (TPSA) is 115 Å². The van der Waals surface area contributed by atoms with Crippen molar-refractivity contribution in [1.29, 1.82) is 5.26 Å². The number of furan rings is 1. The van der Waals surface area contributed by atoms with Gasteiger partial charge in [0, 0.05) is 16.0 Å². The molecule has 0 aliphatic heterocycles. The Morgan fingerprint density at radius 3 is 2.68 bits per heavy atom. The summed E-state index contributed by atoms with van der Waals surface area (Å²) in [5, 5.41) is 20.2. The van der Waals surface area contributed by atoms with Crippen LogP contribution in [0.15, 0.2) is 52.5 Å². The second-order valence-electron chi connectivity index (χ2n) is 4.89. The molecule has 3 rings (SSSR count). The van der Waals surface area contributed by atoms with Crippen molar-refractivity contribution in [3.63, 3.8) is 0 Å². The lowest BCUT2D eigenvalue weighted by Gasteiger charge is -2.07. The molecule has 0 saturated heterocycles. The van der Waals surface area contributed by atoms with Gasteiger partial charge in [-0.05, 0) is 35.7 Å². The maximum Gasteiger partial charge on any atom is 0.306 e. The quantitative estimate of drug-likeness (QED) is 0.626. The van der Waals surface area contributed by atoms with Gasteiger partial charge in [-0.2, -0.15) is 5.26 Å². The number of rotatable bonds is 3. The van der Waals surface area contributed by atoms with E-state index >= 15 is 0 Å². The summed E-state index contributed by atoms with van der Waals surface area (Å²) in [6.07, 6.45) is 1.39. The molecule has 0 radical (unpaired) electrons. The minimum atomic E-state index is -0.630. The lowest BCUT2D eigenvalue weighted by Crippen LogP contribution is -2.41. The van der Waals surface area contributed by atoms with Crippen LogP contribution in [0.2, 0.25) is 0 Å². The largest absolute Gasteiger partial charge is 0.507 e. The van der Waals surface area contributed by atoms with Gasteiger partial charge in [0.15, 0.2) is 0 Å². The zero-order valence-corrected chi connectivity index (χ0v) is 13.5. The number of aromatic hydroxyl groups is 1. The highest BCUT2D eigenvalue weighted by atomic mass is 32.1. The van der Waals surface area contributed by atoms with Crippen molar-refractivity contribution < 1.29 is 19.1 Å². The number of nitriles is 1. The van der Waals surface area contributed by atoms with E-state index in [1.165, 1.54) is 35.8 Å². The Hall–Kier alpha value is -3.57. The molecule has 0 bridgehead atoms. The van der Waals surface area contributed by atoms with Gasteiger partial charge in [-0.3, -0.25) is 20.4 Å². The van der Waals surface area contributed by atoms with E-state index in [2.05, 4.69) is 10.9 Å². The summed E-state index contributed by atoms with van der Waals surface area (Å²) in [6, 6.07) is 10.9. The molecule has 0 aliphatic rings. The van der Waals surface area contributed by atoms with Crippen LogP contribution in [0, 0.1) is 11.3 Å². The lowest BCUT2D eigenvalue weighted by molar-refractivity contribution is 0.0831. The summed E-state index contributed by atoms with van der Waals surface area (Å²) < 4.78 is 5.21. The number of nitrogens with one attached hydrogen (secondary N) is 2. The fourth-order valence-electron chi connectivity index (χ4n) is 2.12. The summed E-state index contributed by atoms with van der Waals surface area (Å²) in [5.74, 6) is -1.39. The molecule has 3 N–H and O–H groups in total. The Kier molecular flexibility index (Phi) is 4.50. The van der Waals surface area contributed by atoms with E-state index in [1.54, 1.807) is 12.1 Å². The summed E-state index contributed by atoms with van der Waals surface area (Å²) in [4.78, 5) is 25.2. The molecule has 124 valence electrons. The number of amides is 2. The number of thiophene rings is 1.